The van der Waals surface area contributed by atoms with Crippen LogP contribution >= 0.6 is 0 Å². The van der Waals surface area contributed by atoms with E-state index in [1.54, 1.807) is 12.1 Å². The van der Waals surface area contributed by atoms with Crippen LogP contribution in [0.15, 0.2) is 53.5 Å². The summed E-state index contributed by atoms with van der Waals surface area (Å²) in [5.74, 6) is 1.10. The fraction of sp³-hybridized carbons (Fsp3) is 0.350. The minimum atomic E-state index is -0.261. The van der Waals surface area contributed by atoms with Crippen LogP contribution in [0.3, 0.4) is 0 Å². The molecule has 0 saturated carbocycles. The van der Waals surface area contributed by atoms with Crippen molar-refractivity contribution in [3.8, 4) is 11.5 Å². The predicted octanol–water partition coefficient (Wildman–Crippen LogP) is 4.88. The number of hydrogen-bond donors (Lipinski definition) is 0. The summed E-state index contributed by atoms with van der Waals surface area (Å²) in [6, 6.07) is 7.02. The molecule has 0 radical (unpaired) electrons. The second-order valence-corrected chi connectivity index (χ2v) is 6.28. The first-order chi connectivity index (χ1) is 11.6. The highest BCUT2D eigenvalue weighted by Crippen LogP contribution is 2.26. The number of nitrogens with zero attached hydrogens (tertiary/aromatic N) is 2. The van der Waals surface area contributed by atoms with Crippen molar-refractivity contribution < 1.29 is 8.81 Å². The average Bonchev–Trinajstić information content (AvgIpc) is 2.92. The van der Waals surface area contributed by atoms with Gasteiger partial charge >= 0.3 is 0 Å². The van der Waals surface area contributed by atoms with Crippen molar-refractivity contribution in [1.29, 1.82) is 0 Å². The Labute approximate surface area is 142 Å². The van der Waals surface area contributed by atoms with Gasteiger partial charge in [-0.1, -0.05) is 18.2 Å². The number of oxazole rings is 1. The van der Waals surface area contributed by atoms with Crippen LogP contribution in [0.4, 0.5) is 4.39 Å². The monoisotopic (exact) mass is 326 g/mol. The largest absolute Gasteiger partial charge is 0.441 e. The third-order valence-electron chi connectivity index (χ3n) is 4.57. The van der Waals surface area contributed by atoms with Crippen molar-refractivity contribution in [3.63, 3.8) is 0 Å². The Bertz CT molecular complexity index is 733. The lowest BCUT2D eigenvalue weighted by molar-refractivity contribution is 0.148. The predicted molar refractivity (Wildman–Crippen MR) is 94.0 cm³/mol. The molecule has 1 aromatic heterocycles. The van der Waals surface area contributed by atoms with Crippen LogP contribution in [-0.2, 0) is 6.54 Å². The highest BCUT2D eigenvalue weighted by molar-refractivity contribution is 5.53. The highest BCUT2D eigenvalue weighted by Gasteiger charge is 2.26. The molecule has 3 rings (SSSR count). The first kappa shape index (κ1) is 16.7. The van der Waals surface area contributed by atoms with Gasteiger partial charge in [0.25, 0.3) is 0 Å². The zero-order chi connectivity index (χ0) is 17.1. The smallest absolute Gasteiger partial charge is 0.226 e. The SMILES string of the molecule is C=CC[C@@H]1CC=C[C@@H](C)N1Cc1nc(-c2ccc(F)cc2)oc1C. The van der Waals surface area contributed by atoms with Crippen LogP contribution in [0.25, 0.3) is 11.5 Å². The second kappa shape index (κ2) is 7.14. The second-order valence-electron chi connectivity index (χ2n) is 6.28. The summed E-state index contributed by atoms with van der Waals surface area (Å²) < 4.78 is 18.9. The zero-order valence-electron chi connectivity index (χ0n) is 14.2. The molecule has 2 heterocycles. The van der Waals surface area contributed by atoms with Gasteiger partial charge in [0.1, 0.15) is 11.6 Å². The lowest BCUT2D eigenvalue weighted by Gasteiger charge is -2.36. The van der Waals surface area contributed by atoms with E-state index in [0.29, 0.717) is 18.0 Å². The first-order valence-electron chi connectivity index (χ1n) is 8.34. The fourth-order valence-corrected chi connectivity index (χ4v) is 3.17. The molecule has 0 unspecified atom stereocenters. The number of hydrogen-bond acceptors (Lipinski definition) is 3. The minimum Gasteiger partial charge on any atom is -0.441 e. The van der Waals surface area contributed by atoms with Crippen molar-refractivity contribution in [3.05, 3.63) is 66.3 Å². The van der Waals surface area contributed by atoms with Crippen LogP contribution in [0.5, 0.6) is 0 Å². The van der Waals surface area contributed by atoms with Gasteiger partial charge in [0.2, 0.25) is 5.89 Å². The van der Waals surface area contributed by atoms with Crippen molar-refractivity contribution in [2.45, 2.75) is 45.3 Å². The van der Waals surface area contributed by atoms with E-state index in [9.17, 15) is 4.39 Å². The van der Waals surface area contributed by atoms with E-state index in [2.05, 4.69) is 35.5 Å². The van der Waals surface area contributed by atoms with Gasteiger partial charge in [-0.3, -0.25) is 4.90 Å². The van der Waals surface area contributed by atoms with E-state index in [0.717, 1.165) is 36.4 Å². The summed E-state index contributed by atoms with van der Waals surface area (Å²) in [5, 5.41) is 0. The van der Waals surface area contributed by atoms with Crippen LogP contribution in [-0.4, -0.2) is 22.0 Å². The molecular weight excluding hydrogens is 303 g/mol. The Morgan fingerprint density at radius 3 is 2.83 bits per heavy atom. The van der Waals surface area contributed by atoms with Gasteiger partial charge in [0, 0.05) is 24.2 Å². The maximum atomic E-state index is 13.1. The number of aryl methyl sites for hydroxylation is 1. The molecule has 2 aromatic rings. The normalized spacial score (nSPS) is 21.1. The summed E-state index contributed by atoms with van der Waals surface area (Å²) >= 11 is 0. The van der Waals surface area contributed by atoms with Gasteiger partial charge in [-0.25, -0.2) is 9.37 Å². The molecule has 0 fully saturated rings. The van der Waals surface area contributed by atoms with Crippen LogP contribution in [0.2, 0.25) is 0 Å². The Hall–Kier alpha value is -2.20. The molecule has 0 N–H and O–H groups in total. The van der Waals surface area contributed by atoms with Crippen LogP contribution in [0, 0.1) is 12.7 Å². The molecule has 0 saturated heterocycles. The Morgan fingerprint density at radius 2 is 2.12 bits per heavy atom. The van der Waals surface area contributed by atoms with E-state index >= 15 is 0 Å². The summed E-state index contributed by atoms with van der Waals surface area (Å²) in [6.07, 6.45) is 8.43. The summed E-state index contributed by atoms with van der Waals surface area (Å²) in [5.41, 5.74) is 1.73. The molecular formula is C20H23FN2O. The maximum absolute atomic E-state index is 13.1. The van der Waals surface area contributed by atoms with E-state index in [-0.39, 0.29) is 5.82 Å². The fourth-order valence-electron chi connectivity index (χ4n) is 3.17. The molecule has 4 heteroatoms. The molecule has 1 aliphatic heterocycles. The molecule has 126 valence electrons. The summed E-state index contributed by atoms with van der Waals surface area (Å²) in [4.78, 5) is 7.08. The molecule has 3 nitrogen and oxygen atoms in total. The Morgan fingerprint density at radius 1 is 1.38 bits per heavy atom. The molecule has 24 heavy (non-hydrogen) atoms. The lowest BCUT2D eigenvalue weighted by Crippen LogP contribution is -2.42. The topological polar surface area (TPSA) is 29.3 Å². The van der Waals surface area contributed by atoms with Crippen molar-refractivity contribution in [2.24, 2.45) is 0 Å². The maximum Gasteiger partial charge on any atom is 0.226 e. The van der Waals surface area contributed by atoms with Gasteiger partial charge in [-0.2, -0.15) is 0 Å². The van der Waals surface area contributed by atoms with E-state index < -0.39 is 0 Å². The third kappa shape index (κ3) is 3.49. The minimum absolute atomic E-state index is 0.261. The zero-order valence-corrected chi connectivity index (χ0v) is 14.2. The summed E-state index contributed by atoms with van der Waals surface area (Å²) in [6.45, 7) is 8.74. The van der Waals surface area contributed by atoms with Crippen molar-refractivity contribution in [2.75, 3.05) is 0 Å². The van der Waals surface area contributed by atoms with Gasteiger partial charge in [0.05, 0.1) is 5.69 Å². The average molecular weight is 326 g/mol. The standard InChI is InChI=1S/C20H23FN2O/c1-4-6-18-8-5-7-14(2)23(18)13-19-15(3)24-20(22-19)16-9-11-17(21)12-10-16/h4-5,7,9-12,14,18H,1,6,8,13H2,2-3H3/t14-,18-/m1/s1. The van der Waals surface area contributed by atoms with Gasteiger partial charge in [-0.15, -0.1) is 6.58 Å². The van der Waals surface area contributed by atoms with E-state index in [1.807, 2.05) is 13.0 Å². The number of benzene rings is 1. The molecule has 1 aliphatic rings. The first-order valence-corrected chi connectivity index (χ1v) is 8.34. The number of rotatable bonds is 5. The summed E-state index contributed by atoms with van der Waals surface area (Å²) in [7, 11) is 0. The Balaban J connectivity index is 1.83. The quantitative estimate of drug-likeness (QED) is 0.733. The molecule has 1 aromatic carbocycles. The van der Waals surface area contributed by atoms with Crippen molar-refractivity contribution in [1.82, 2.24) is 9.88 Å². The Kier molecular flexibility index (Phi) is 4.95. The van der Waals surface area contributed by atoms with Gasteiger partial charge in [0.15, 0.2) is 0 Å². The molecule has 0 amide bonds. The molecule has 0 bridgehead atoms. The molecule has 0 spiro atoms. The van der Waals surface area contributed by atoms with Crippen LogP contribution < -0.4 is 0 Å². The molecule has 0 aliphatic carbocycles. The van der Waals surface area contributed by atoms with Crippen LogP contribution in [0.1, 0.15) is 31.2 Å². The van der Waals surface area contributed by atoms with E-state index in [1.165, 1.54) is 12.1 Å². The lowest BCUT2D eigenvalue weighted by atomic mass is 10.00. The number of halogens is 1. The third-order valence-corrected chi connectivity index (χ3v) is 4.57. The number of aromatic nitrogens is 1. The van der Waals surface area contributed by atoms with Gasteiger partial charge < -0.3 is 4.42 Å². The molecule has 2 atom stereocenters. The van der Waals surface area contributed by atoms with E-state index in [4.69, 9.17) is 4.42 Å². The highest BCUT2D eigenvalue weighted by atomic mass is 19.1. The van der Waals surface area contributed by atoms with Crippen molar-refractivity contribution >= 4 is 0 Å². The van der Waals surface area contributed by atoms with Gasteiger partial charge in [-0.05, 0) is 51.0 Å².